The molecule has 0 amide bonds. The van der Waals surface area contributed by atoms with Crippen LogP contribution in [0.3, 0.4) is 0 Å². The lowest BCUT2D eigenvalue weighted by molar-refractivity contribution is 0.117. The second kappa shape index (κ2) is 7.76. The van der Waals surface area contributed by atoms with Gasteiger partial charge in [0.1, 0.15) is 18.5 Å². The van der Waals surface area contributed by atoms with Crippen LogP contribution in [0.2, 0.25) is 15.1 Å². The Balaban J connectivity index is 1.79. The molecule has 0 saturated heterocycles. The molecule has 0 aliphatic rings. The van der Waals surface area contributed by atoms with Gasteiger partial charge in [0.2, 0.25) is 0 Å². The van der Waals surface area contributed by atoms with Crippen molar-refractivity contribution < 1.29 is 9.84 Å². The van der Waals surface area contributed by atoms with Crippen molar-refractivity contribution in [2.45, 2.75) is 6.10 Å². The molecule has 0 fully saturated rings. The molecule has 2 rings (SSSR count). The summed E-state index contributed by atoms with van der Waals surface area (Å²) in [6, 6.07) is 12.2. The van der Waals surface area contributed by atoms with Crippen molar-refractivity contribution in [3.05, 3.63) is 57.5 Å². The number of hydrogen-bond donors (Lipinski definition) is 2. The summed E-state index contributed by atoms with van der Waals surface area (Å²) in [4.78, 5) is 0. The van der Waals surface area contributed by atoms with Gasteiger partial charge in [0, 0.05) is 22.3 Å². The number of benzene rings is 2. The molecule has 0 radical (unpaired) electrons. The Morgan fingerprint density at radius 1 is 1.00 bits per heavy atom. The highest BCUT2D eigenvalue weighted by Crippen LogP contribution is 2.27. The number of nitrogens with one attached hydrogen (secondary N) is 1. The van der Waals surface area contributed by atoms with Gasteiger partial charge in [-0.05, 0) is 42.5 Å². The van der Waals surface area contributed by atoms with Gasteiger partial charge in [-0.15, -0.1) is 0 Å². The maximum atomic E-state index is 9.89. The number of hydrogen-bond acceptors (Lipinski definition) is 3. The summed E-state index contributed by atoms with van der Waals surface area (Å²) >= 11 is 17.6. The molecule has 0 aliphatic carbocycles. The fourth-order valence-electron chi connectivity index (χ4n) is 1.64. The van der Waals surface area contributed by atoms with Crippen LogP contribution in [0.4, 0.5) is 5.69 Å². The Morgan fingerprint density at radius 2 is 1.67 bits per heavy atom. The average molecular weight is 347 g/mol. The maximum absolute atomic E-state index is 9.89. The van der Waals surface area contributed by atoms with Crippen molar-refractivity contribution in [1.29, 1.82) is 0 Å². The van der Waals surface area contributed by atoms with Crippen molar-refractivity contribution >= 4 is 40.5 Å². The zero-order chi connectivity index (χ0) is 15.2. The second-order valence-corrected chi connectivity index (χ2v) is 5.71. The van der Waals surface area contributed by atoms with Crippen LogP contribution in [0.1, 0.15) is 0 Å². The second-order valence-electron chi connectivity index (χ2n) is 4.43. The Hall–Kier alpha value is -1.13. The molecule has 0 aliphatic heterocycles. The fourth-order valence-corrected chi connectivity index (χ4v) is 2.23. The molecule has 0 spiro atoms. The Kier molecular flexibility index (Phi) is 6.00. The highest BCUT2D eigenvalue weighted by molar-refractivity contribution is 6.35. The van der Waals surface area contributed by atoms with Crippen LogP contribution < -0.4 is 10.1 Å². The summed E-state index contributed by atoms with van der Waals surface area (Å²) in [5, 5.41) is 14.6. The van der Waals surface area contributed by atoms with Crippen LogP contribution in [0, 0.1) is 0 Å². The predicted molar refractivity (Wildman–Crippen MR) is 87.9 cm³/mol. The molecule has 0 saturated carbocycles. The summed E-state index contributed by atoms with van der Waals surface area (Å²) < 4.78 is 5.46. The average Bonchev–Trinajstić information content (AvgIpc) is 2.46. The van der Waals surface area contributed by atoms with Gasteiger partial charge in [-0.3, -0.25) is 0 Å². The van der Waals surface area contributed by atoms with Crippen molar-refractivity contribution in [2.75, 3.05) is 18.5 Å². The lowest BCUT2D eigenvalue weighted by Crippen LogP contribution is -2.26. The van der Waals surface area contributed by atoms with Crippen molar-refractivity contribution in [1.82, 2.24) is 0 Å². The number of ether oxygens (including phenoxy) is 1. The molecule has 2 aromatic carbocycles. The zero-order valence-corrected chi connectivity index (χ0v) is 13.3. The third-order valence-electron chi connectivity index (χ3n) is 2.71. The molecule has 0 bridgehead atoms. The first-order valence-corrected chi connectivity index (χ1v) is 7.43. The van der Waals surface area contributed by atoms with E-state index in [2.05, 4.69) is 5.32 Å². The van der Waals surface area contributed by atoms with E-state index in [1.54, 1.807) is 30.3 Å². The summed E-state index contributed by atoms with van der Waals surface area (Å²) in [5.41, 5.74) is 0.878. The molecule has 3 nitrogen and oxygen atoms in total. The number of aliphatic hydroxyl groups is 1. The van der Waals surface area contributed by atoms with Gasteiger partial charge >= 0.3 is 0 Å². The molecule has 112 valence electrons. The first-order chi connectivity index (χ1) is 10.0. The van der Waals surface area contributed by atoms with Gasteiger partial charge in [-0.25, -0.2) is 0 Å². The smallest absolute Gasteiger partial charge is 0.138 e. The summed E-state index contributed by atoms with van der Waals surface area (Å²) in [6.45, 7) is 0.481. The van der Waals surface area contributed by atoms with Crippen molar-refractivity contribution in [2.24, 2.45) is 0 Å². The van der Waals surface area contributed by atoms with Gasteiger partial charge < -0.3 is 15.2 Å². The molecule has 0 aromatic heterocycles. The van der Waals surface area contributed by atoms with E-state index in [0.29, 0.717) is 27.4 Å². The topological polar surface area (TPSA) is 41.5 Å². The van der Waals surface area contributed by atoms with Crippen LogP contribution in [-0.2, 0) is 0 Å². The molecule has 21 heavy (non-hydrogen) atoms. The number of rotatable bonds is 6. The van der Waals surface area contributed by atoms with E-state index in [-0.39, 0.29) is 6.61 Å². The maximum Gasteiger partial charge on any atom is 0.138 e. The summed E-state index contributed by atoms with van der Waals surface area (Å²) in [5.74, 6) is 0.492. The Morgan fingerprint density at radius 3 is 2.33 bits per heavy atom. The third kappa shape index (κ3) is 5.29. The Labute approximate surface area is 138 Å². The highest BCUT2D eigenvalue weighted by Gasteiger charge is 2.08. The zero-order valence-electron chi connectivity index (χ0n) is 11.0. The molecule has 1 atom stereocenters. The van der Waals surface area contributed by atoms with Gasteiger partial charge in [-0.2, -0.15) is 0 Å². The molecule has 0 heterocycles. The van der Waals surface area contributed by atoms with Gasteiger partial charge in [0.05, 0.1) is 5.02 Å². The summed E-state index contributed by atoms with van der Waals surface area (Å²) in [6.07, 6.45) is -0.674. The normalized spacial score (nSPS) is 12.0. The van der Waals surface area contributed by atoms with Crippen LogP contribution in [-0.4, -0.2) is 24.4 Å². The lowest BCUT2D eigenvalue weighted by Gasteiger charge is -2.15. The van der Waals surface area contributed by atoms with Gasteiger partial charge in [0.15, 0.2) is 0 Å². The number of aliphatic hydroxyl groups excluding tert-OH is 1. The van der Waals surface area contributed by atoms with Gasteiger partial charge in [0.25, 0.3) is 0 Å². The predicted octanol–water partition coefficient (Wildman–Crippen LogP) is 4.50. The van der Waals surface area contributed by atoms with E-state index in [0.717, 1.165) is 5.69 Å². The molecule has 2 N–H and O–H groups in total. The minimum absolute atomic E-state index is 0.127. The van der Waals surface area contributed by atoms with E-state index in [1.165, 1.54) is 0 Å². The molecular weight excluding hydrogens is 333 g/mol. The minimum Gasteiger partial charge on any atom is -0.489 e. The number of halogens is 3. The molecule has 6 heteroatoms. The van der Waals surface area contributed by atoms with Crippen LogP contribution >= 0.6 is 34.8 Å². The highest BCUT2D eigenvalue weighted by atomic mass is 35.5. The SMILES string of the molecule is OC(CNc1ccc(Cl)cc1)COc1ccc(Cl)cc1Cl. The van der Waals surface area contributed by atoms with Crippen LogP contribution in [0.5, 0.6) is 5.75 Å². The van der Waals surface area contributed by atoms with E-state index < -0.39 is 6.10 Å². The first-order valence-electron chi connectivity index (χ1n) is 6.30. The fraction of sp³-hybridized carbons (Fsp3) is 0.200. The summed E-state index contributed by atoms with van der Waals surface area (Å²) in [7, 11) is 0. The van der Waals surface area contributed by atoms with E-state index in [1.807, 2.05) is 12.1 Å². The van der Waals surface area contributed by atoms with Crippen LogP contribution in [0.15, 0.2) is 42.5 Å². The largest absolute Gasteiger partial charge is 0.489 e. The van der Waals surface area contributed by atoms with E-state index >= 15 is 0 Å². The monoisotopic (exact) mass is 345 g/mol. The first kappa shape index (κ1) is 16.2. The molecule has 1 unspecified atom stereocenters. The van der Waals surface area contributed by atoms with Gasteiger partial charge in [-0.1, -0.05) is 34.8 Å². The third-order valence-corrected chi connectivity index (χ3v) is 3.49. The van der Waals surface area contributed by atoms with E-state index in [9.17, 15) is 5.11 Å². The van der Waals surface area contributed by atoms with Crippen molar-refractivity contribution in [3.63, 3.8) is 0 Å². The quantitative estimate of drug-likeness (QED) is 0.809. The molecule has 2 aromatic rings. The minimum atomic E-state index is -0.674. The Bertz CT molecular complexity index is 590. The van der Waals surface area contributed by atoms with E-state index in [4.69, 9.17) is 39.5 Å². The van der Waals surface area contributed by atoms with Crippen LogP contribution in [0.25, 0.3) is 0 Å². The van der Waals surface area contributed by atoms with Crippen molar-refractivity contribution in [3.8, 4) is 5.75 Å². The standard InChI is InChI=1S/C15H14Cl3NO2/c16-10-1-4-12(5-2-10)19-8-13(20)9-21-15-6-3-11(17)7-14(15)18/h1-7,13,19-20H,8-9H2. The molecular formula is C15H14Cl3NO2. The lowest BCUT2D eigenvalue weighted by atomic mass is 10.3. The number of anilines is 1.